The van der Waals surface area contributed by atoms with E-state index in [1.165, 1.54) is 4.90 Å². The zero-order valence-electron chi connectivity index (χ0n) is 18.5. The fourth-order valence-electron chi connectivity index (χ4n) is 4.25. The van der Waals surface area contributed by atoms with Gasteiger partial charge in [-0.2, -0.15) is 0 Å². The van der Waals surface area contributed by atoms with Gasteiger partial charge in [-0.05, 0) is 35.7 Å². The number of ether oxygens (including phenoxy) is 3. The zero-order chi connectivity index (χ0) is 22.7. The Morgan fingerprint density at radius 2 is 1.84 bits per heavy atom. The van der Waals surface area contributed by atoms with Crippen LogP contribution in [0.4, 0.5) is 4.79 Å². The molecule has 4 rings (SSSR count). The molecule has 0 saturated heterocycles. The van der Waals surface area contributed by atoms with E-state index < -0.39 is 6.09 Å². The van der Waals surface area contributed by atoms with E-state index in [4.69, 9.17) is 14.2 Å². The van der Waals surface area contributed by atoms with Gasteiger partial charge in [0.25, 0.3) is 0 Å². The van der Waals surface area contributed by atoms with Crippen molar-refractivity contribution >= 4 is 6.09 Å². The van der Waals surface area contributed by atoms with Crippen molar-refractivity contribution in [2.24, 2.45) is 0 Å². The summed E-state index contributed by atoms with van der Waals surface area (Å²) < 4.78 is 17.4. The Kier molecular flexibility index (Phi) is 6.21. The molecule has 1 unspecified atom stereocenters. The van der Waals surface area contributed by atoms with Gasteiger partial charge in [0.15, 0.2) is 11.5 Å². The van der Waals surface area contributed by atoms with E-state index in [1.807, 2.05) is 55.5 Å². The highest BCUT2D eigenvalue weighted by Gasteiger charge is 2.30. The highest BCUT2D eigenvalue weighted by Crippen LogP contribution is 2.46. The van der Waals surface area contributed by atoms with Gasteiger partial charge in [0.05, 0.1) is 20.8 Å². The molecule has 0 fully saturated rings. The average Bonchev–Trinajstić information content (AvgIpc) is 3.20. The van der Waals surface area contributed by atoms with Crippen molar-refractivity contribution in [3.8, 4) is 28.4 Å². The molecule has 0 saturated carbocycles. The average molecular weight is 434 g/mol. The number of methoxy groups -OCH3 is 2. The highest BCUT2D eigenvalue weighted by molar-refractivity contribution is 5.80. The van der Waals surface area contributed by atoms with Crippen LogP contribution in [-0.4, -0.2) is 43.0 Å². The van der Waals surface area contributed by atoms with Gasteiger partial charge in [-0.15, -0.1) is 0 Å². The van der Waals surface area contributed by atoms with Crippen LogP contribution in [0.15, 0.2) is 60.7 Å². The van der Waals surface area contributed by atoms with Crippen molar-refractivity contribution in [2.45, 2.75) is 26.0 Å². The SMILES string of the molecule is COc1cccc(-c2cc(C)cc3c2OC(CN(Cc2ccccc2)C(=O)O)C3)c1OC. The maximum Gasteiger partial charge on any atom is 0.407 e. The summed E-state index contributed by atoms with van der Waals surface area (Å²) >= 11 is 0. The molecular weight excluding hydrogens is 406 g/mol. The van der Waals surface area contributed by atoms with Crippen molar-refractivity contribution in [2.75, 3.05) is 20.8 Å². The maximum absolute atomic E-state index is 11.9. The number of carboxylic acid groups (broad SMARTS) is 1. The lowest BCUT2D eigenvalue weighted by Gasteiger charge is -2.23. The van der Waals surface area contributed by atoms with Gasteiger partial charge in [0.1, 0.15) is 11.9 Å². The van der Waals surface area contributed by atoms with Crippen LogP contribution < -0.4 is 14.2 Å². The smallest absolute Gasteiger partial charge is 0.407 e. The number of aryl methyl sites for hydroxylation is 1. The molecule has 3 aromatic rings. The second-order valence-corrected chi connectivity index (χ2v) is 7.93. The molecule has 1 aliphatic heterocycles. The lowest BCUT2D eigenvalue weighted by Crippen LogP contribution is -2.37. The Morgan fingerprint density at radius 3 is 2.53 bits per heavy atom. The quantitative estimate of drug-likeness (QED) is 0.557. The molecule has 1 atom stereocenters. The number of nitrogens with zero attached hydrogens (tertiary/aromatic N) is 1. The van der Waals surface area contributed by atoms with E-state index in [1.54, 1.807) is 14.2 Å². The summed E-state index contributed by atoms with van der Waals surface area (Å²) in [6, 6.07) is 19.5. The zero-order valence-corrected chi connectivity index (χ0v) is 18.5. The van der Waals surface area contributed by atoms with Gasteiger partial charge in [0, 0.05) is 24.1 Å². The van der Waals surface area contributed by atoms with E-state index in [-0.39, 0.29) is 12.6 Å². The van der Waals surface area contributed by atoms with Gasteiger partial charge < -0.3 is 24.2 Å². The molecule has 0 bridgehead atoms. The number of hydrogen-bond donors (Lipinski definition) is 1. The molecule has 0 radical (unpaired) electrons. The van der Waals surface area contributed by atoms with E-state index in [0.717, 1.165) is 33.6 Å². The molecule has 3 aromatic carbocycles. The monoisotopic (exact) mass is 433 g/mol. The Balaban J connectivity index is 1.62. The standard InChI is InChI=1S/C26H27NO5/c1-17-12-19-14-20(16-27(26(28)29)15-18-8-5-4-6-9-18)32-24(19)22(13-17)21-10-7-11-23(30-2)25(21)31-3/h4-13,20H,14-16H2,1-3H3,(H,28,29). The van der Waals surface area contributed by atoms with Crippen LogP contribution >= 0.6 is 0 Å². The van der Waals surface area contributed by atoms with Crippen molar-refractivity contribution < 1.29 is 24.1 Å². The number of amides is 1. The fourth-order valence-corrected chi connectivity index (χ4v) is 4.25. The van der Waals surface area contributed by atoms with Gasteiger partial charge in [-0.1, -0.05) is 48.5 Å². The fraction of sp³-hybridized carbons (Fsp3) is 0.269. The molecule has 0 spiro atoms. The highest BCUT2D eigenvalue weighted by atomic mass is 16.5. The lowest BCUT2D eigenvalue weighted by atomic mass is 9.97. The first-order valence-electron chi connectivity index (χ1n) is 10.5. The largest absolute Gasteiger partial charge is 0.493 e. The molecule has 1 N–H and O–H groups in total. The summed E-state index contributed by atoms with van der Waals surface area (Å²) in [6.45, 7) is 2.65. The lowest BCUT2D eigenvalue weighted by molar-refractivity contribution is 0.113. The van der Waals surface area contributed by atoms with Gasteiger partial charge in [0.2, 0.25) is 0 Å². The van der Waals surface area contributed by atoms with Crippen LogP contribution in [0, 0.1) is 6.92 Å². The minimum atomic E-state index is -0.959. The number of carbonyl (C=O) groups is 1. The van der Waals surface area contributed by atoms with Gasteiger partial charge in [-0.25, -0.2) is 4.79 Å². The van der Waals surface area contributed by atoms with Gasteiger partial charge in [-0.3, -0.25) is 0 Å². The van der Waals surface area contributed by atoms with E-state index in [0.29, 0.717) is 24.5 Å². The van der Waals surface area contributed by atoms with Crippen molar-refractivity contribution in [3.63, 3.8) is 0 Å². The van der Waals surface area contributed by atoms with Crippen LogP contribution in [0.25, 0.3) is 11.1 Å². The molecule has 1 heterocycles. The van der Waals surface area contributed by atoms with Crippen LogP contribution in [0.2, 0.25) is 0 Å². The molecule has 0 aliphatic carbocycles. The Labute approximate surface area is 188 Å². The maximum atomic E-state index is 11.9. The number of benzene rings is 3. The molecule has 6 nitrogen and oxygen atoms in total. The molecule has 0 aromatic heterocycles. The Bertz CT molecular complexity index is 1110. The minimum absolute atomic E-state index is 0.262. The molecule has 166 valence electrons. The van der Waals surface area contributed by atoms with Crippen molar-refractivity contribution in [1.82, 2.24) is 4.90 Å². The van der Waals surface area contributed by atoms with E-state index in [2.05, 4.69) is 12.1 Å². The Hall–Kier alpha value is -3.67. The summed E-state index contributed by atoms with van der Waals surface area (Å²) in [6.07, 6.45) is -0.573. The summed E-state index contributed by atoms with van der Waals surface area (Å²) in [7, 11) is 3.23. The summed E-state index contributed by atoms with van der Waals surface area (Å²) in [5.74, 6) is 2.07. The molecule has 32 heavy (non-hydrogen) atoms. The van der Waals surface area contributed by atoms with E-state index in [9.17, 15) is 9.90 Å². The predicted octanol–water partition coefficient (Wildman–Crippen LogP) is 5.16. The van der Waals surface area contributed by atoms with Crippen LogP contribution in [0.3, 0.4) is 0 Å². The number of fused-ring (bicyclic) bond motifs is 1. The second kappa shape index (κ2) is 9.22. The first kappa shape index (κ1) is 21.6. The number of para-hydroxylation sites is 1. The summed E-state index contributed by atoms with van der Waals surface area (Å²) in [5.41, 5.74) is 4.92. The van der Waals surface area contributed by atoms with Crippen LogP contribution in [0.5, 0.6) is 17.2 Å². The number of hydrogen-bond acceptors (Lipinski definition) is 4. The predicted molar refractivity (Wildman–Crippen MR) is 123 cm³/mol. The molecule has 1 aliphatic rings. The van der Waals surface area contributed by atoms with Crippen LogP contribution in [-0.2, 0) is 13.0 Å². The second-order valence-electron chi connectivity index (χ2n) is 7.93. The third-order valence-electron chi connectivity index (χ3n) is 5.65. The van der Waals surface area contributed by atoms with Gasteiger partial charge >= 0.3 is 6.09 Å². The first-order valence-corrected chi connectivity index (χ1v) is 10.5. The minimum Gasteiger partial charge on any atom is -0.493 e. The molecule has 1 amide bonds. The normalized spacial score (nSPS) is 14.4. The third kappa shape index (κ3) is 4.35. The molecular formula is C26H27NO5. The van der Waals surface area contributed by atoms with Crippen LogP contribution in [0.1, 0.15) is 16.7 Å². The Morgan fingerprint density at radius 1 is 1.06 bits per heavy atom. The molecule has 6 heteroatoms. The number of rotatable bonds is 7. The first-order chi connectivity index (χ1) is 15.5. The third-order valence-corrected chi connectivity index (χ3v) is 5.65. The summed E-state index contributed by atoms with van der Waals surface area (Å²) in [4.78, 5) is 13.3. The summed E-state index contributed by atoms with van der Waals surface area (Å²) in [5, 5.41) is 9.75. The van der Waals surface area contributed by atoms with Crippen molar-refractivity contribution in [3.05, 3.63) is 77.4 Å². The van der Waals surface area contributed by atoms with E-state index >= 15 is 0 Å². The topological polar surface area (TPSA) is 68.2 Å². The van der Waals surface area contributed by atoms with Crippen molar-refractivity contribution in [1.29, 1.82) is 0 Å².